The van der Waals surface area contributed by atoms with E-state index in [0.717, 1.165) is 27.3 Å². The molecule has 4 nitrogen and oxygen atoms in total. The van der Waals surface area contributed by atoms with Crippen LogP contribution in [-0.4, -0.2) is 40.1 Å². The summed E-state index contributed by atoms with van der Waals surface area (Å²) in [6.45, 7) is 3.80. The highest BCUT2D eigenvalue weighted by atomic mass is 32.2. The number of amides is 1. The summed E-state index contributed by atoms with van der Waals surface area (Å²) in [6.07, 6.45) is 1.65. The van der Waals surface area contributed by atoms with Crippen LogP contribution in [0.4, 0.5) is 0 Å². The molecule has 1 aromatic heterocycles. The van der Waals surface area contributed by atoms with Crippen LogP contribution in [0.2, 0.25) is 0 Å². The molecule has 24 heavy (non-hydrogen) atoms. The summed E-state index contributed by atoms with van der Waals surface area (Å²) in [5, 5.41) is 3.04. The van der Waals surface area contributed by atoms with Crippen LogP contribution in [0.25, 0.3) is 21.7 Å². The van der Waals surface area contributed by atoms with Gasteiger partial charge in [0.2, 0.25) is 0 Å². The second-order valence-corrected chi connectivity index (χ2v) is 7.70. The number of fused-ring (bicyclic) bond motifs is 3. The number of aryl methyl sites for hydroxylation is 1. The molecule has 3 rings (SSSR count). The summed E-state index contributed by atoms with van der Waals surface area (Å²) in [5.41, 5.74) is 1.59. The van der Waals surface area contributed by atoms with Crippen LogP contribution < -0.4 is 0 Å². The second kappa shape index (κ2) is 6.40. The standard InChI is InChI=1S/C19H21NO3S/c1-12(11-24(4)22)20(3)19(21)17-13(2)15-10-9-14-7-5-6-8-16(14)18(15)23-17/h5-10,12H,11H2,1-4H3. The zero-order chi connectivity index (χ0) is 17.4. The van der Waals surface area contributed by atoms with Gasteiger partial charge in [-0.25, -0.2) is 0 Å². The Bertz CT molecular complexity index is 944. The number of hydrogen-bond donors (Lipinski definition) is 0. The molecule has 0 fully saturated rings. The number of benzene rings is 2. The molecule has 0 bridgehead atoms. The van der Waals surface area contributed by atoms with Crippen LogP contribution in [-0.2, 0) is 10.8 Å². The fourth-order valence-electron chi connectivity index (χ4n) is 2.97. The first-order chi connectivity index (χ1) is 11.4. The molecule has 126 valence electrons. The van der Waals surface area contributed by atoms with Gasteiger partial charge in [-0.05, 0) is 19.2 Å². The molecule has 2 atom stereocenters. The third kappa shape index (κ3) is 2.84. The van der Waals surface area contributed by atoms with E-state index in [2.05, 4.69) is 0 Å². The molecule has 0 spiro atoms. The van der Waals surface area contributed by atoms with E-state index >= 15 is 0 Å². The first-order valence-electron chi connectivity index (χ1n) is 7.88. The average Bonchev–Trinajstić information content (AvgIpc) is 2.90. The molecule has 5 heteroatoms. The van der Waals surface area contributed by atoms with Crippen LogP contribution in [0.1, 0.15) is 23.0 Å². The topological polar surface area (TPSA) is 50.5 Å². The van der Waals surface area contributed by atoms with E-state index in [-0.39, 0.29) is 11.9 Å². The number of rotatable bonds is 4. The lowest BCUT2D eigenvalue weighted by Gasteiger charge is -2.23. The van der Waals surface area contributed by atoms with Gasteiger partial charge in [0.05, 0.1) is 0 Å². The third-order valence-corrected chi connectivity index (χ3v) is 5.43. The van der Waals surface area contributed by atoms with Crippen LogP contribution in [0.15, 0.2) is 40.8 Å². The first-order valence-corrected chi connectivity index (χ1v) is 9.61. The highest BCUT2D eigenvalue weighted by molar-refractivity contribution is 7.84. The van der Waals surface area contributed by atoms with E-state index in [9.17, 15) is 9.00 Å². The largest absolute Gasteiger partial charge is 0.450 e. The van der Waals surface area contributed by atoms with Crippen molar-refractivity contribution in [3.05, 3.63) is 47.7 Å². The van der Waals surface area contributed by atoms with Crippen LogP contribution in [0.5, 0.6) is 0 Å². The summed E-state index contributed by atoms with van der Waals surface area (Å²) in [6, 6.07) is 11.9. The van der Waals surface area contributed by atoms with Crippen LogP contribution in [0, 0.1) is 6.92 Å². The van der Waals surface area contributed by atoms with Gasteiger partial charge < -0.3 is 9.32 Å². The van der Waals surface area contributed by atoms with Gasteiger partial charge in [0.15, 0.2) is 5.76 Å². The molecule has 2 aromatic carbocycles. The minimum absolute atomic E-state index is 0.118. The number of furan rings is 1. The van der Waals surface area contributed by atoms with Gasteiger partial charge in [-0.3, -0.25) is 9.00 Å². The Balaban J connectivity index is 2.06. The fraction of sp³-hybridized carbons (Fsp3) is 0.316. The zero-order valence-corrected chi connectivity index (χ0v) is 15.1. The Labute approximate surface area is 143 Å². The van der Waals surface area contributed by atoms with Crippen molar-refractivity contribution in [2.45, 2.75) is 19.9 Å². The molecule has 2 unspecified atom stereocenters. The van der Waals surface area contributed by atoms with Gasteiger partial charge in [-0.1, -0.05) is 36.4 Å². The molecule has 3 aromatic rings. The van der Waals surface area contributed by atoms with E-state index < -0.39 is 10.8 Å². The molecule has 0 aliphatic carbocycles. The molecule has 1 amide bonds. The molecule has 0 saturated heterocycles. The maximum Gasteiger partial charge on any atom is 0.289 e. The van der Waals surface area contributed by atoms with Gasteiger partial charge in [0.1, 0.15) is 5.58 Å². The molecule has 0 radical (unpaired) electrons. The van der Waals surface area contributed by atoms with Gasteiger partial charge in [0, 0.05) is 52.2 Å². The van der Waals surface area contributed by atoms with Crippen LogP contribution >= 0.6 is 0 Å². The molecule has 0 saturated carbocycles. The van der Waals surface area contributed by atoms with E-state index in [1.165, 1.54) is 0 Å². The second-order valence-electron chi connectivity index (χ2n) is 6.22. The lowest BCUT2D eigenvalue weighted by molar-refractivity contribution is 0.0726. The van der Waals surface area contributed by atoms with Crippen molar-refractivity contribution in [3.63, 3.8) is 0 Å². The Hall–Kier alpha value is -2.14. The van der Waals surface area contributed by atoms with E-state index in [1.54, 1.807) is 18.2 Å². The lowest BCUT2D eigenvalue weighted by Crippen LogP contribution is -2.38. The maximum atomic E-state index is 12.8. The van der Waals surface area contributed by atoms with Crippen LogP contribution in [0.3, 0.4) is 0 Å². The Morgan fingerprint density at radius 1 is 1.21 bits per heavy atom. The van der Waals surface area contributed by atoms with Crippen molar-refractivity contribution in [1.82, 2.24) is 4.90 Å². The molecular formula is C19H21NO3S. The van der Waals surface area contributed by atoms with E-state index in [1.807, 2.05) is 50.2 Å². The van der Waals surface area contributed by atoms with E-state index in [0.29, 0.717) is 11.5 Å². The monoisotopic (exact) mass is 343 g/mol. The van der Waals surface area contributed by atoms with Crippen molar-refractivity contribution in [2.24, 2.45) is 0 Å². The molecule has 0 N–H and O–H groups in total. The quantitative estimate of drug-likeness (QED) is 0.725. The summed E-state index contributed by atoms with van der Waals surface area (Å²) in [4.78, 5) is 14.4. The van der Waals surface area contributed by atoms with Crippen molar-refractivity contribution < 1.29 is 13.4 Å². The predicted octanol–water partition coefficient (Wildman–Crippen LogP) is 3.73. The predicted molar refractivity (Wildman–Crippen MR) is 98.9 cm³/mol. The number of nitrogens with zero attached hydrogens (tertiary/aromatic N) is 1. The fourth-order valence-corrected chi connectivity index (χ4v) is 3.87. The highest BCUT2D eigenvalue weighted by Crippen LogP contribution is 2.32. The van der Waals surface area contributed by atoms with E-state index in [4.69, 9.17) is 4.42 Å². The SMILES string of the molecule is Cc1c(C(=O)N(C)C(C)CS(C)=O)oc2c1ccc1ccccc12. The minimum Gasteiger partial charge on any atom is -0.450 e. The molecular weight excluding hydrogens is 322 g/mol. The van der Waals surface area contributed by atoms with Crippen molar-refractivity contribution >= 4 is 38.4 Å². The molecule has 0 aliphatic heterocycles. The van der Waals surface area contributed by atoms with Crippen molar-refractivity contribution in [2.75, 3.05) is 19.1 Å². The van der Waals surface area contributed by atoms with Gasteiger partial charge >= 0.3 is 0 Å². The lowest BCUT2D eigenvalue weighted by atomic mass is 10.1. The number of carbonyl (C=O) groups excluding carboxylic acids is 1. The summed E-state index contributed by atoms with van der Waals surface area (Å²) < 4.78 is 17.4. The summed E-state index contributed by atoms with van der Waals surface area (Å²) >= 11 is 0. The number of carbonyl (C=O) groups is 1. The van der Waals surface area contributed by atoms with Gasteiger partial charge in [0.25, 0.3) is 5.91 Å². The van der Waals surface area contributed by atoms with Crippen molar-refractivity contribution in [1.29, 1.82) is 0 Å². The first kappa shape index (κ1) is 16.7. The van der Waals surface area contributed by atoms with Gasteiger partial charge in [-0.2, -0.15) is 0 Å². The maximum absolute atomic E-state index is 12.8. The summed E-state index contributed by atoms with van der Waals surface area (Å²) in [7, 11) is 0.774. The summed E-state index contributed by atoms with van der Waals surface area (Å²) in [5.74, 6) is 0.632. The van der Waals surface area contributed by atoms with Gasteiger partial charge in [-0.15, -0.1) is 0 Å². The highest BCUT2D eigenvalue weighted by Gasteiger charge is 2.25. The number of hydrogen-bond acceptors (Lipinski definition) is 3. The Kier molecular flexibility index (Phi) is 4.45. The molecule has 0 aliphatic rings. The normalized spacial score (nSPS) is 14.0. The van der Waals surface area contributed by atoms with Crippen molar-refractivity contribution in [3.8, 4) is 0 Å². The minimum atomic E-state index is -0.952. The third-order valence-electron chi connectivity index (χ3n) is 4.48. The Morgan fingerprint density at radius 2 is 1.92 bits per heavy atom. The Morgan fingerprint density at radius 3 is 2.62 bits per heavy atom. The zero-order valence-electron chi connectivity index (χ0n) is 14.3. The molecule has 1 heterocycles. The average molecular weight is 343 g/mol. The smallest absolute Gasteiger partial charge is 0.289 e.